The number of rotatable bonds is 2. The van der Waals surface area contributed by atoms with Gasteiger partial charge in [0.05, 0.1) is 11.4 Å². The van der Waals surface area contributed by atoms with Crippen LogP contribution in [0.2, 0.25) is 0 Å². The van der Waals surface area contributed by atoms with Crippen molar-refractivity contribution in [1.82, 2.24) is 0 Å². The summed E-state index contributed by atoms with van der Waals surface area (Å²) < 4.78 is 15.4. The zero-order valence-electron chi connectivity index (χ0n) is 15.2. The van der Waals surface area contributed by atoms with E-state index in [4.69, 9.17) is 11.5 Å². The number of hydrogen-bond acceptors (Lipinski definition) is 4. The number of phenols is 2. The summed E-state index contributed by atoms with van der Waals surface area (Å²) in [7, 11) is 0. The largest absolute Gasteiger partial charge is 0.506 e. The molecule has 4 aliphatic carbocycles. The average molecular weight is 368 g/mol. The van der Waals surface area contributed by atoms with Crippen molar-refractivity contribution in [3.05, 3.63) is 47.5 Å². The average Bonchev–Trinajstić information content (AvgIpc) is 2.59. The maximum atomic E-state index is 15.4. The monoisotopic (exact) mass is 368 g/mol. The molecule has 6 rings (SSSR count). The smallest absolute Gasteiger partial charge is 0.138 e. The van der Waals surface area contributed by atoms with Gasteiger partial charge in [0, 0.05) is 5.41 Å². The minimum Gasteiger partial charge on any atom is -0.506 e. The van der Waals surface area contributed by atoms with Crippen molar-refractivity contribution in [2.45, 2.75) is 43.2 Å². The van der Waals surface area contributed by atoms with E-state index < -0.39 is 11.1 Å². The molecule has 4 nitrogen and oxygen atoms in total. The Hall–Kier alpha value is -2.43. The molecule has 4 fully saturated rings. The van der Waals surface area contributed by atoms with Crippen LogP contribution in [0.1, 0.15) is 43.2 Å². The molecule has 0 aliphatic heterocycles. The van der Waals surface area contributed by atoms with Gasteiger partial charge < -0.3 is 21.7 Å². The number of aromatic hydroxyl groups is 2. The zero-order valence-corrected chi connectivity index (χ0v) is 15.2. The summed E-state index contributed by atoms with van der Waals surface area (Å²) in [5.74, 6) is 0.864. The van der Waals surface area contributed by atoms with E-state index in [1.807, 2.05) is 24.3 Å². The molecule has 2 aromatic carbocycles. The van der Waals surface area contributed by atoms with E-state index in [9.17, 15) is 10.2 Å². The van der Waals surface area contributed by atoms with Crippen LogP contribution in [0, 0.1) is 17.8 Å². The molecule has 5 heteroatoms. The Morgan fingerprint density at radius 2 is 1.30 bits per heavy atom. The van der Waals surface area contributed by atoms with Crippen LogP contribution >= 0.6 is 0 Å². The summed E-state index contributed by atoms with van der Waals surface area (Å²) in [6.07, 6.45) is 3.75. The van der Waals surface area contributed by atoms with Crippen LogP contribution < -0.4 is 11.5 Å². The number of alkyl halides is 1. The predicted molar refractivity (Wildman–Crippen MR) is 103 cm³/mol. The molecular formula is C22H25FN2O2. The first-order chi connectivity index (χ1) is 12.8. The predicted octanol–water partition coefficient (Wildman–Crippen LogP) is 4.10. The van der Waals surface area contributed by atoms with E-state index in [-0.39, 0.29) is 23.3 Å². The minimum absolute atomic E-state index is 0.0601. The Kier molecular flexibility index (Phi) is 3.29. The molecule has 27 heavy (non-hydrogen) atoms. The van der Waals surface area contributed by atoms with Gasteiger partial charge in [-0.1, -0.05) is 12.1 Å². The van der Waals surface area contributed by atoms with Crippen LogP contribution in [-0.4, -0.2) is 15.9 Å². The van der Waals surface area contributed by atoms with Gasteiger partial charge in [-0.25, -0.2) is 4.39 Å². The normalized spacial score (nSPS) is 33.3. The molecule has 4 saturated carbocycles. The number of nitrogens with two attached hydrogens (primary N) is 2. The van der Waals surface area contributed by atoms with Gasteiger partial charge in [-0.2, -0.15) is 0 Å². The molecule has 0 aromatic heterocycles. The SMILES string of the molecule is Nc1cc(C2(c3ccc(O)c(N)c3)C3CC4CC2CC(F)(C4)C3)ccc1O. The summed E-state index contributed by atoms with van der Waals surface area (Å²) in [6, 6.07) is 10.8. The third-order valence-electron chi connectivity index (χ3n) is 7.41. The lowest BCUT2D eigenvalue weighted by atomic mass is 9.41. The fourth-order valence-electron chi connectivity index (χ4n) is 6.65. The molecule has 0 radical (unpaired) electrons. The quantitative estimate of drug-likeness (QED) is 0.474. The van der Waals surface area contributed by atoms with Crippen molar-refractivity contribution in [3.8, 4) is 11.5 Å². The highest BCUT2D eigenvalue weighted by Gasteiger charge is 2.63. The van der Waals surface area contributed by atoms with Gasteiger partial charge in [-0.15, -0.1) is 0 Å². The van der Waals surface area contributed by atoms with Gasteiger partial charge in [0.1, 0.15) is 17.2 Å². The van der Waals surface area contributed by atoms with Gasteiger partial charge in [-0.3, -0.25) is 0 Å². The number of benzene rings is 2. The van der Waals surface area contributed by atoms with Crippen molar-refractivity contribution in [2.75, 3.05) is 11.5 Å². The van der Waals surface area contributed by atoms with Crippen molar-refractivity contribution in [1.29, 1.82) is 0 Å². The number of anilines is 2. The van der Waals surface area contributed by atoms with E-state index >= 15 is 4.39 Å². The number of phenolic OH excluding ortho intramolecular Hbond substituents is 2. The highest BCUT2D eigenvalue weighted by molar-refractivity contribution is 5.61. The number of hydrogen-bond donors (Lipinski definition) is 4. The molecule has 142 valence electrons. The molecule has 2 atom stereocenters. The van der Waals surface area contributed by atoms with Crippen LogP contribution in [0.3, 0.4) is 0 Å². The van der Waals surface area contributed by atoms with Crippen LogP contribution in [-0.2, 0) is 5.41 Å². The topological polar surface area (TPSA) is 92.5 Å². The second-order valence-corrected chi connectivity index (χ2v) is 8.91. The zero-order chi connectivity index (χ0) is 19.0. The fourth-order valence-corrected chi connectivity index (χ4v) is 6.65. The van der Waals surface area contributed by atoms with Crippen LogP contribution in [0.5, 0.6) is 11.5 Å². The van der Waals surface area contributed by atoms with E-state index in [0.717, 1.165) is 24.0 Å². The van der Waals surface area contributed by atoms with E-state index in [2.05, 4.69) is 0 Å². The lowest BCUT2D eigenvalue weighted by Gasteiger charge is -2.63. The van der Waals surface area contributed by atoms with E-state index in [1.54, 1.807) is 12.1 Å². The fraction of sp³-hybridized carbons (Fsp3) is 0.455. The maximum Gasteiger partial charge on any atom is 0.138 e. The third-order valence-corrected chi connectivity index (χ3v) is 7.41. The van der Waals surface area contributed by atoms with Crippen molar-refractivity contribution >= 4 is 11.4 Å². The number of nitrogen functional groups attached to an aromatic ring is 2. The molecule has 0 heterocycles. The Balaban J connectivity index is 1.76. The van der Waals surface area contributed by atoms with Crippen LogP contribution in [0.15, 0.2) is 36.4 Å². The van der Waals surface area contributed by atoms with E-state index in [1.165, 1.54) is 0 Å². The summed E-state index contributed by atoms with van der Waals surface area (Å²) in [5.41, 5.74) is 13.3. The van der Waals surface area contributed by atoms with Crippen LogP contribution in [0.4, 0.5) is 15.8 Å². The van der Waals surface area contributed by atoms with Gasteiger partial charge in [0.25, 0.3) is 0 Å². The second kappa shape index (κ2) is 5.31. The van der Waals surface area contributed by atoms with Crippen molar-refractivity contribution in [3.63, 3.8) is 0 Å². The van der Waals surface area contributed by atoms with Gasteiger partial charge in [0.15, 0.2) is 0 Å². The first kappa shape index (κ1) is 16.7. The molecule has 6 N–H and O–H groups in total. The van der Waals surface area contributed by atoms with Crippen molar-refractivity contribution in [2.24, 2.45) is 17.8 Å². The minimum atomic E-state index is -1.06. The highest BCUT2D eigenvalue weighted by Crippen LogP contribution is 2.67. The molecule has 4 aliphatic rings. The Bertz CT molecular complexity index is 859. The summed E-state index contributed by atoms with van der Waals surface area (Å²) in [5, 5.41) is 19.9. The molecule has 0 saturated heterocycles. The Morgan fingerprint density at radius 3 is 1.70 bits per heavy atom. The number of halogens is 1. The van der Waals surface area contributed by atoms with Gasteiger partial charge in [0.2, 0.25) is 0 Å². The second-order valence-electron chi connectivity index (χ2n) is 8.91. The highest BCUT2D eigenvalue weighted by atomic mass is 19.1. The summed E-state index contributed by atoms with van der Waals surface area (Å²) >= 11 is 0. The summed E-state index contributed by atoms with van der Waals surface area (Å²) in [4.78, 5) is 0. The standard InChI is InChI=1S/C22H25FN2O2/c23-21-9-12-5-15(10-21)22(16(6-12)11-21,13-1-3-19(26)17(24)7-13)14-2-4-20(27)18(25)8-14/h1-4,7-8,12,15-16,26-27H,5-6,9-11,24-25H2. The molecular weight excluding hydrogens is 343 g/mol. The van der Waals surface area contributed by atoms with Gasteiger partial charge >= 0.3 is 0 Å². The summed E-state index contributed by atoms with van der Waals surface area (Å²) in [6.45, 7) is 0. The maximum absolute atomic E-state index is 15.4. The van der Waals surface area contributed by atoms with E-state index in [0.29, 0.717) is 36.6 Å². The Labute approximate surface area is 158 Å². The molecule has 0 spiro atoms. The molecule has 0 amide bonds. The third kappa shape index (κ3) is 2.20. The van der Waals surface area contributed by atoms with Crippen molar-refractivity contribution < 1.29 is 14.6 Å². The van der Waals surface area contributed by atoms with Crippen LogP contribution in [0.25, 0.3) is 0 Å². The molecule has 2 unspecified atom stereocenters. The molecule has 2 aromatic rings. The molecule has 4 bridgehead atoms. The first-order valence-corrected chi connectivity index (χ1v) is 9.69. The first-order valence-electron chi connectivity index (χ1n) is 9.69. The lowest BCUT2D eigenvalue weighted by molar-refractivity contribution is -0.113. The van der Waals surface area contributed by atoms with Gasteiger partial charge in [-0.05, 0) is 85.3 Å². The Morgan fingerprint density at radius 1 is 0.815 bits per heavy atom. The lowest BCUT2D eigenvalue weighted by Crippen LogP contribution is -2.60.